The molecule has 10 heteroatoms. The highest BCUT2D eigenvalue weighted by atomic mass is 19.3. The fourth-order valence-electron chi connectivity index (χ4n) is 5.25. The molecule has 2 fully saturated rings. The third-order valence-electron chi connectivity index (χ3n) is 7.46. The summed E-state index contributed by atoms with van der Waals surface area (Å²) in [6, 6.07) is 10.7. The largest absolute Gasteiger partial charge is 0.348 e. The maximum absolute atomic E-state index is 13.6. The summed E-state index contributed by atoms with van der Waals surface area (Å²) in [7, 11) is 0. The topological polar surface area (TPSA) is 111 Å². The second-order valence-corrected chi connectivity index (χ2v) is 10.6. The highest BCUT2D eigenvalue weighted by Crippen LogP contribution is 2.29. The van der Waals surface area contributed by atoms with Crippen molar-refractivity contribution in [2.75, 3.05) is 18.4 Å². The number of pyridine rings is 2. The first-order valence-electron chi connectivity index (χ1n) is 13.5. The van der Waals surface area contributed by atoms with Crippen LogP contribution in [-0.2, 0) is 11.3 Å². The van der Waals surface area contributed by atoms with Crippen molar-refractivity contribution in [1.82, 2.24) is 20.2 Å². The smallest absolute Gasteiger partial charge is 0.274 e. The molecule has 3 heterocycles. The number of amides is 2. The predicted octanol–water partition coefficient (Wildman–Crippen LogP) is 4.97. The second kappa shape index (κ2) is 11.6. The van der Waals surface area contributed by atoms with Crippen LogP contribution in [0.4, 0.5) is 14.5 Å². The summed E-state index contributed by atoms with van der Waals surface area (Å²) in [5, 5.41) is 14.2. The van der Waals surface area contributed by atoms with Gasteiger partial charge in [-0.25, -0.2) is 13.8 Å². The average molecular weight is 547 g/mol. The maximum Gasteiger partial charge on any atom is 0.274 e. The van der Waals surface area contributed by atoms with E-state index >= 15 is 0 Å². The Labute approximate surface area is 231 Å². The van der Waals surface area contributed by atoms with E-state index in [0.717, 1.165) is 47.9 Å². The Kier molecular flexibility index (Phi) is 7.97. The summed E-state index contributed by atoms with van der Waals surface area (Å²) in [6.07, 6.45) is 8.80. The Hall–Kier alpha value is -4.05. The van der Waals surface area contributed by atoms with Crippen molar-refractivity contribution in [3.05, 3.63) is 77.4 Å². The maximum atomic E-state index is 13.6. The van der Waals surface area contributed by atoms with Crippen LogP contribution in [0.15, 0.2) is 55.0 Å². The summed E-state index contributed by atoms with van der Waals surface area (Å²) < 4.78 is 27.2. The molecule has 2 amide bonds. The number of alkyl halides is 2. The molecule has 1 aliphatic carbocycles. The Morgan fingerprint density at radius 2 is 1.88 bits per heavy atom. The minimum atomic E-state index is -2.65. The van der Waals surface area contributed by atoms with Crippen molar-refractivity contribution in [1.29, 1.82) is 5.41 Å². The van der Waals surface area contributed by atoms with Gasteiger partial charge >= 0.3 is 0 Å². The van der Waals surface area contributed by atoms with Crippen molar-refractivity contribution >= 4 is 23.2 Å². The zero-order valence-corrected chi connectivity index (χ0v) is 22.3. The predicted molar refractivity (Wildman–Crippen MR) is 149 cm³/mol. The number of hydrogen-bond donors (Lipinski definition) is 3. The molecule has 40 heavy (non-hydrogen) atoms. The van der Waals surface area contributed by atoms with Gasteiger partial charge < -0.3 is 10.6 Å². The zero-order chi connectivity index (χ0) is 28.3. The van der Waals surface area contributed by atoms with Crippen LogP contribution in [0.1, 0.15) is 59.3 Å². The minimum absolute atomic E-state index is 0.137. The number of aryl methyl sites for hydroxylation is 1. The van der Waals surface area contributed by atoms with E-state index in [1.165, 1.54) is 6.20 Å². The number of nitrogens with zero attached hydrogens (tertiary/aromatic N) is 3. The van der Waals surface area contributed by atoms with Crippen LogP contribution in [0.5, 0.6) is 0 Å². The van der Waals surface area contributed by atoms with Crippen molar-refractivity contribution in [3.63, 3.8) is 0 Å². The molecule has 1 saturated heterocycles. The number of rotatable bonds is 8. The molecule has 0 unspecified atom stereocenters. The van der Waals surface area contributed by atoms with Crippen LogP contribution in [0.25, 0.3) is 11.1 Å². The number of nitrogens with one attached hydrogen (secondary N) is 3. The lowest BCUT2D eigenvalue weighted by atomic mass is 9.97. The Balaban J connectivity index is 1.25. The van der Waals surface area contributed by atoms with Gasteiger partial charge in [0.05, 0.1) is 18.4 Å². The minimum Gasteiger partial charge on any atom is -0.348 e. The molecule has 2 aliphatic rings. The van der Waals surface area contributed by atoms with Gasteiger partial charge in [-0.2, -0.15) is 0 Å². The normalized spacial score (nSPS) is 17.1. The summed E-state index contributed by atoms with van der Waals surface area (Å²) in [5.74, 6) is -3.49. The van der Waals surface area contributed by atoms with Gasteiger partial charge in [0.15, 0.2) is 0 Å². The molecule has 3 aromatic rings. The van der Waals surface area contributed by atoms with Gasteiger partial charge in [0.25, 0.3) is 17.7 Å². The van der Waals surface area contributed by atoms with Crippen LogP contribution in [0.3, 0.4) is 0 Å². The van der Waals surface area contributed by atoms with Crippen LogP contribution < -0.4 is 10.6 Å². The van der Waals surface area contributed by atoms with Crippen LogP contribution in [-0.4, -0.2) is 57.4 Å². The first-order chi connectivity index (χ1) is 19.2. The summed E-state index contributed by atoms with van der Waals surface area (Å²) >= 11 is 0. The Bertz CT molecular complexity index is 1420. The van der Waals surface area contributed by atoms with E-state index in [-0.39, 0.29) is 36.3 Å². The fraction of sp³-hybridized carbons (Fsp3) is 0.367. The number of likely N-dealkylation sites (tertiary alicyclic amines) is 1. The lowest BCUT2D eigenvalue weighted by Gasteiger charge is -2.16. The number of halogens is 2. The van der Waals surface area contributed by atoms with E-state index in [1.54, 1.807) is 35.5 Å². The summed E-state index contributed by atoms with van der Waals surface area (Å²) in [4.78, 5) is 35.5. The molecule has 1 saturated carbocycles. The van der Waals surface area contributed by atoms with E-state index in [9.17, 15) is 18.4 Å². The first kappa shape index (κ1) is 27.5. The zero-order valence-electron chi connectivity index (χ0n) is 22.3. The fourth-order valence-corrected chi connectivity index (χ4v) is 5.25. The molecule has 0 bridgehead atoms. The number of carbonyl (C=O) groups excluding carboxylic acids is 2. The van der Waals surface area contributed by atoms with Gasteiger partial charge in [-0.1, -0.05) is 25.0 Å². The highest BCUT2D eigenvalue weighted by molar-refractivity contribution is 6.48. The van der Waals surface area contributed by atoms with Crippen molar-refractivity contribution in [2.45, 2.75) is 57.5 Å². The number of hydrogen-bond acceptors (Lipinski definition) is 6. The van der Waals surface area contributed by atoms with E-state index in [2.05, 4.69) is 20.6 Å². The van der Waals surface area contributed by atoms with Crippen molar-refractivity contribution in [2.24, 2.45) is 0 Å². The molecule has 1 aromatic carbocycles. The van der Waals surface area contributed by atoms with Gasteiger partial charge in [-0.3, -0.25) is 24.9 Å². The monoisotopic (exact) mass is 546 g/mol. The van der Waals surface area contributed by atoms with Gasteiger partial charge in [-0.15, -0.1) is 0 Å². The quantitative estimate of drug-likeness (QED) is 0.346. The number of benzene rings is 1. The molecule has 8 nitrogen and oxygen atoms in total. The standard InChI is InChI=1S/C30H32F2N6O2/c1-19-6-7-21(22-12-20(14-34-15-22)17-38-11-10-30(31,32)18-38)13-25(19)27(33)29(40)37-24-8-9-26(35-16-24)28(39)36-23-4-2-3-5-23/h6-9,12-16,23,33H,2-5,10-11,17-18H2,1H3,(H,36,39)(H,37,40). The summed E-state index contributed by atoms with van der Waals surface area (Å²) in [5.41, 5.74) is 4.00. The van der Waals surface area contributed by atoms with Gasteiger partial charge in [0.2, 0.25) is 0 Å². The molecule has 208 valence electrons. The van der Waals surface area contributed by atoms with Gasteiger partial charge in [-0.05, 0) is 60.7 Å². The molecular formula is C30H32F2N6O2. The number of carbonyl (C=O) groups is 2. The van der Waals surface area contributed by atoms with E-state index < -0.39 is 11.8 Å². The number of aromatic nitrogens is 2. The van der Waals surface area contributed by atoms with Crippen LogP contribution >= 0.6 is 0 Å². The van der Waals surface area contributed by atoms with Crippen LogP contribution in [0, 0.1) is 12.3 Å². The summed E-state index contributed by atoms with van der Waals surface area (Å²) in [6.45, 7) is 2.28. The lowest BCUT2D eigenvalue weighted by molar-refractivity contribution is -0.110. The molecule has 0 spiro atoms. The molecule has 2 aromatic heterocycles. The van der Waals surface area contributed by atoms with E-state index in [1.807, 2.05) is 25.1 Å². The lowest BCUT2D eigenvalue weighted by Crippen LogP contribution is -2.33. The second-order valence-electron chi connectivity index (χ2n) is 10.6. The average Bonchev–Trinajstić information content (AvgIpc) is 3.57. The molecule has 1 aliphatic heterocycles. The van der Waals surface area contributed by atoms with Crippen molar-refractivity contribution in [3.8, 4) is 11.1 Å². The Morgan fingerprint density at radius 1 is 1.07 bits per heavy atom. The molecule has 0 radical (unpaired) electrons. The number of anilines is 1. The van der Waals surface area contributed by atoms with Gasteiger partial charge in [0.1, 0.15) is 11.4 Å². The molecule has 0 atom stereocenters. The molecular weight excluding hydrogens is 514 g/mol. The third-order valence-corrected chi connectivity index (χ3v) is 7.46. The van der Waals surface area contributed by atoms with Gasteiger partial charge in [0, 0.05) is 49.1 Å². The first-order valence-corrected chi connectivity index (χ1v) is 13.5. The Morgan fingerprint density at radius 3 is 2.58 bits per heavy atom. The van der Waals surface area contributed by atoms with Crippen LogP contribution in [0.2, 0.25) is 0 Å². The van der Waals surface area contributed by atoms with E-state index in [0.29, 0.717) is 24.3 Å². The van der Waals surface area contributed by atoms with Crippen molar-refractivity contribution < 1.29 is 18.4 Å². The highest BCUT2D eigenvalue weighted by Gasteiger charge is 2.37. The molecule has 5 rings (SSSR count). The SMILES string of the molecule is Cc1ccc(-c2cncc(CN3CCC(F)(F)C3)c2)cc1C(=N)C(=O)Nc1ccc(C(=O)NC2CCCC2)nc1. The molecule has 3 N–H and O–H groups in total. The van der Waals surface area contributed by atoms with E-state index in [4.69, 9.17) is 5.41 Å². The third kappa shape index (κ3) is 6.56.